The topological polar surface area (TPSA) is 27.7 Å². The summed E-state index contributed by atoms with van der Waals surface area (Å²) < 4.78 is 5.88. The first-order chi connectivity index (χ1) is 12.2. The van der Waals surface area contributed by atoms with Crippen molar-refractivity contribution in [2.24, 2.45) is 0 Å². The molecule has 2 heterocycles. The van der Waals surface area contributed by atoms with E-state index in [0.717, 1.165) is 50.7 Å². The second-order valence-corrected chi connectivity index (χ2v) is 7.68. The van der Waals surface area contributed by atoms with Crippen molar-refractivity contribution in [3.63, 3.8) is 0 Å². The molecule has 2 aliphatic heterocycles. The van der Waals surface area contributed by atoms with Crippen LogP contribution in [0.2, 0.25) is 0 Å². The highest BCUT2D eigenvalue weighted by atomic mass is 32.1. The van der Waals surface area contributed by atoms with Crippen LogP contribution in [0.25, 0.3) is 0 Å². The van der Waals surface area contributed by atoms with E-state index in [-0.39, 0.29) is 0 Å². The maximum absolute atomic E-state index is 5.88. The average Bonchev–Trinajstić information content (AvgIpc) is 3.15. The van der Waals surface area contributed by atoms with Crippen LogP contribution in [0.3, 0.4) is 0 Å². The third-order valence-corrected chi connectivity index (χ3v) is 5.73. The lowest BCUT2D eigenvalue weighted by molar-refractivity contribution is 0.0712. The van der Waals surface area contributed by atoms with Gasteiger partial charge in [0.25, 0.3) is 0 Å². The standard InChI is InChI=1S/C20H31N3OS/c1-22-13-10-18(11-14-22)23(16-19-8-5-15-24-19)20(25)21-12-9-17-6-3-2-4-7-17/h2-4,6-7,18-19H,5,8-16H2,1H3,(H,21,25). The lowest BCUT2D eigenvalue weighted by atomic mass is 10.0. The third-order valence-electron chi connectivity index (χ3n) is 5.35. The molecule has 4 nitrogen and oxygen atoms in total. The fourth-order valence-electron chi connectivity index (χ4n) is 3.77. The first kappa shape index (κ1) is 18.6. The number of hydrogen-bond donors (Lipinski definition) is 1. The zero-order chi connectivity index (χ0) is 17.5. The van der Waals surface area contributed by atoms with Crippen molar-refractivity contribution in [2.45, 2.75) is 44.2 Å². The van der Waals surface area contributed by atoms with Gasteiger partial charge in [-0.15, -0.1) is 0 Å². The number of thiocarbonyl (C=S) groups is 1. The average molecular weight is 362 g/mol. The molecule has 0 radical (unpaired) electrons. The molecule has 0 saturated carbocycles. The summed E-state index contributed by atoms with van der Waals surface area (Å²) in [6, 6.07) is 11.1. The summed E-state index contributed by atoms with van der Waals surface area (Å²) >= 11 is 5.78. The molecule has 1 aromatic rings. The van der Waals surface area contributed by atoms with Gasteiger partial charge in [-0.25, -0.2) is 0 Å². The van der Waals surface area contributed by atoms with E-state index in [1.54, 1.807) is 0 Å². The van der Waals surface area contributed by atoms with Crippen molar-refractivity contribution in [1.82, 2.24) is 15.1 Å². The van der Waals surface area contributed by atoms with E-state index in [9.17, 15) is 0 Å². The van der Waals surface area contributed by atoms with Gasteiger partial charge in [0, 0.05) is 25.7 Å². The Morgan fingerprint density at radius 1 is 1.24 bits per heavy atom. The molecule has 2 saturated heterocycles. The molecule has 0 amide bonds. The van der Waals surface area contributed by atoms with E-state index in [0.29, 0.717) is 12.1 Å². The van der Waals surface area contributed by atoms with E-state index in [4.69, 9.17) is 17.0 Å². The lowest BCUT2D eigenvalue weighted by Crippen LogP contribution is -2.52. The number of likely N-dealkylation sites (tertiary alicyclic amines) is 1. The first-order valence-electron chi connectivity index (χ1n) is 9.61. The summed E-state index contributed by atoms with van der Waals surface area (Å²) in [5, 5.41) is 4.41. The second kappa shape index (κ2) is 9.51. The molecule has 2 fully saturated rings. The maximum atomic E-state index is 5.88. The predicted molar refractivity (Wildman–Crippen MR) is 107 cm³/mol. The van der Waals surface area contributed by atoms with Crippen LogP contribution in [-0.2, 0) is 11.2 Å². The Balaban J connectivity index is 1.54. The summed E-state index contributed by atoms with van der Waals surface area (Å²) in [5.41, 5.74) is 1.35. The lowest BCUT2D eigenvalue weighted by Gasteiger charge is -2.40. The molecule has 138 valence electrons. The van der Waals surface area contributed by atoms with E-state index >= 15 is 0 Å². The van der Waals surface area contributed by atoms with Crippen molar-refractivity contribution < 1.29 is 4.74 Å². The smallest absolute Gasteiger partial charge is 0.169 e. The minimum Gasteiger partial charge on any atom is -0.376 e. The molecule has 0 aromatic heterocycles. The highest BCUT2D eigenvalue weighted by Gasteiger charge is 2.28. The van der Waals surface area contributed by atoms with Crippen molar-refractivity contribution in [3.05, 3.63) is 35.9 Å². The number of benzene rings is 1. The highest BCUT2D eigenvalue weighted by molar-refractivity contribution is 7.80. The Kier molecular flexibility index (Phi) is 7.08. The molecule has 3 rings (SSSR count). The monoisotopic (exact) mass is 361 g/mol. The molecule has 1 atom stereocenters. The summed E-state index contributed by atoms with van der Waals surface area (Å²) in [6.07, 6.45) is 6.05. The van der Waals surface area contributed by atoms with Crippen molar-refractivity contribution in [2.75, 3.05) is 39.8 Å². The van der Waals surface area contributed by atoms with Gasteiger partial charge in [0.05, 0.1) is 6.10 Å². The van der Waals surface area contributed by atoms with Crippen LogP contribution in [0, 0.1) is 0 Å². The van der Waals surface area contributed by atoms with Gasteiger partial charge in [-0.2, -0.15) is 0 Å². The summed E-state index contributed by atoms with van der Waals surface area (Å²) in [7, 11) is 2.21. The minimum atomic E-state index is 0.341. The van der Waals surface area contributed by atoms with Crippen LogP contribution in [0.15, 0.2) is 30.3 Å². The molecule has 2 aliphatic rings. The van der Waals surface area contributed by atoms with Gasteiger partial charge >= 0.3 is 0 Å². The number of nitrogens with zero attached hydrogens (tertiary/aromatic N) is 2. The van der Waals surface area contributed by atoms with Crippen LogP contribution in [0.4, 0.5) is 0 Å². The highest BCUT2D eigenvalue weighted by Crippen LogP contribution is 2.20. The Morgan fingerprint density at radius 3 is 2.68 bits per heavy atom. The Hall–Kier alpha value is -1.17. The third kappa shape index (κ3) is 5.66. The zero-order valence-electron chi connectivity index (χ0n) is 15.3. The van der Waals surface area contributed by atoms with Crippen molar-refractivity contribution in [1.29, 1.82) is 0 Å². The number of piperidine rings is 1. The quantitative estimate of drug-likeness (QED) is 0.787. The van der Waals surface area contributed by atoms with Crippen LogP contribution >= 0.6 is 12.2 Å². The predicted octanol–water partition coefficient (Wildman–Crippen LogP) is 2.68. The minimum absolute atomic E-state index is 0.341. The normalized spacial score (nSPS) is 22.0. The molecule has 5 heteroatoms. The van der Waals surface area contributed by atoms with Crippen LogP contribution in [-0.4, -0.2) is 66.9 Å². The molecule has 0 aliphatic carbocycles. The number of hydrogen-bond acceptors (Lipinski definition) is 3. The van der Waals surface area contributed by atoms with Gasteiger partial charge in [0.15, 0.2) is 5.11 Å². The van der Waals surface area contributed by atoms with Gasteiger partial charge in [0.2, 0.25) is 0 Å². The molecule has 1 N–H and O–H groups in total. The molecular formula is C20H31N3OS. The van der Waals surface area contributed by atoms with E-state index in [1.165, 1.54) is 24.8 Å². The van der Waals surface area contributed by atoms with Gasteiger partial charge in [-0.1, -0.05) is 30.3 Å². The molecule has 0 bridgehead atoms. The fourth-order valence-corrected chi connectivity index (χ4v) is 4.10. The second-order valence-electron chi connectivity index (χ2n) is 7.29. The Labute approximate surface area is 157 Å². The van der Waals surface area contributed by atoms with Gasteiger partial charge in [-0.3, -0.25) is 0 Å². The summed E-state index contributed by atoms with van der Waals surface area (Å²) in [5.74, 6) is 0. The number of ether oxygens (including phenoxy) is 1. The zero-order valence-corrected chi connectivity index (χ0v) is 16.1. The van der Waals surface area contributed by atoms with E-state index in [2.05, 4.69) is 52.5 Å². The summed E-state index contributed by atoms with van der Waals surface area (Å²) in [4.78, 5) is 4.83. The van der Waals surface area contributed by atoms with E-state index < -0.39 is 0 Å². The molecule has 1 unspecified atom stereocenters. The molecule has 25 heavy (non-hydrogen) atoms. The van der Waals surface area contributed by atoms with Crippen molar-refractivity contribution in [3.8, 4) is 0 Å². The van der Waals surface area contributed by atoms with Crippen LogP contribution in [0.5, 0.6) is 0 Å². The number of nitrogens with one attached hydrogen (secondary N) is 1. The Bertz CT molecular complexity index is 525. The van der Waals surface area contributed by atoms with Crippen molar-refractivity contribution >= 4 is 17.3 Å². The molecule has 0 spiro atoms. The number of rotatable bonds is 6. The molecule has 1 aromatic carbocycles. The van der Waals surface area contributed by atoms with Gasteiger partial charge in [0.1, 0.15) is 0 Å². The molecular weight excluding hydrogens is 330 g/mol. The van der Waals surface area contributed by atoms with Crippen LogP contribution < -0.4 is 5.32 Å². The van der Waals surface area contributed by atoms with E-state index in [1.807, 2.05) is 0 Å². The summed E-state index contributed by atoms with van der Waals surface area (Å²) in [6.45, 7) is 5.03. The SMILES string of the molecule is CN1CCC(N(CC2CCCO2)C(=S)NCCc2ccccc2)CC1. The largest absolute Gasteiger partial charge is 0.376 e. The first-order valence-corrected chi connectivity index (χ1v) is 10.0. The van der Waals surface area contributed by atoms with Gasteiger partial charge < -0.3 is 19.9 Å². The maximum Gasteiger partial charge on any atom is 0.169 e. The van der Waals surface area contributed by atoms with Gasteiger partial charge in [-0.05, 0) is 70.0 Å². The Morgan fingerprint density at radius 2 is 2.00 bits per heavy atom. The fraction of sp³-hybridized carbons (Fsp3) is 0.650. The van der Waals surface area contributed by atoms with Crippen LogP contribution in [0.1, 0.15) is 31.2 Å².